The van der Waals surface area contributed by atoms with Gasteiger partial charge in [-0.2, -0.15) is 0 Å². The lowest BCUT2D eigenvalue weighted by atomic mass is 10.3. The Balaban J connectivity index is 1.94. The Hall–Kier alpha value is -2.36. The van der Waals surface area contributed by atoms with Crippen LogP contribution in [0.15, 0.2) is 53.2 Å². The molecular formula is C12H8N2O2. The van der Waals surface area contributed by atoms with E-state index >= 15 is 0 Å². The molecule has 0 aliphatic heterocycles. The molecule has 0 N–H and O–H groups in total. The van der Waals surface area contributed by atoms with Gasteiger partial charge in [0.25, 0.3) is 0 Å². The average Bonchev–Trinajstić information content (AvgIpc) is 2.77. The molecule has 1 heterocycles. The van der Waals surface area contributed by atoms with Crippen molar-refractivity contribution in [1.82, 2.24) is 10.3 Å². The van der Waals surface area contributed by atoms with E-state index in [0.29, 0.717) is 5.52 Å². The minimum Gasteiger partial charge on any atom is -0.457 e. The molecule has 0 spiro atoms. The number of aromatic nitrogens is 2. The first-order valence-corrected chi connectivity index (χ1v) is 4.87. The molecule has 0 saturated heterocycles. The van der Waals surface area contributed by atoms with Crippen LogP contribution in [0.25, 0.3) is 11.0 Å². The lowest BCUT2D eigenvalue weighted by Crippen LogP contribution is -1.83. The van der Waals surface area contributed by atoms with Crippen LogP contribution in [0.5, 0.6) is 11.5 Å². The summed E-state index contributed by atoms with van der Waals surface area (Å²) in [4.78, 5) is 0. The van der Waals surface area contributed by atoms with Crippen LogP contribution in [0.4, 0.5) is 0 Å². The number of para-hydroxylation sites is 1. The maximum absolute atomic E-state index is 5.65. The number of benzene rings is 2. The van der Waals surface area contributed by atoms with E-state index in [2.05, 4.69) is 14.9 Å². The molecule has 0 unspecified atom stereocenters. The molecule has 1 aromatic heterocycles. The summed E-state index contributed by atoms with van der Waals surface area (Å²) in [6.45, 7) is 0. The summed E-state index contributed by atoms with van der Waals surface area (Å²) in [5, 5.41) is 7.48. The molecule has 3 aromatic rings. The van der Waals surface area contributed by atoms with Gasteiger partial charge < -0.3 is 4.74 Å². The smallest absolute Gasteiger partial charge is 0.138 e. The first kappa shape index (κ1) is 8.91. The Morgan fingerprint density at radius 2 is 1.62 bits per heavy atom. The largest absolute Gasteiger partial charge is 0.457 e. The van der Waals surface area contributed by atoms with Crippen molar-refractivity contribution >= 4 is 11.0 Å². The van der Waals surface area contributed by atoms with Crippen molar-refractivity contribution in [2.24, 2.45) is 0 Å². The summed E-state index contributed by atoms with van der Waals surface area (Å²) in [6.07, 6.45) is 0. The van der Waals surface area contributed by atoms with E-state index in [-0.39, 0.29) is 0 Å². The SMILES string of the molecule is c1ccc(Oc2ccc3nonc3c2)cc1. The van der Waals surface area contributed by atoms with Crippen molar-refractivity contribution < 1.29 is 9.37 Å². The van der Waals surface area contributed by atoms with Crippen molar-refractivity contribution in [2.75, 3.05) is 0 Å². The van der Waals surface area contributed by atoms with E-state index < -0.39 is 0 Å². The predicted octanol–water partition coefficient (Wildman–Crippen LogP) is 3.02. The van der Waals surface area contributed by atoms with Crippen LogP contribution in [0.3, 0.4) is 0 Å². The molecule has 2 aromatic carbocycles. The van der Waals surface area contributed by atoms with Gasteiger partial charge in [0.15, 0.2) is 0 Å². The van der Waals surface area contributed by atoms with Crippen LogP contribution in [-0.4, -0.2) is 10.3 Å². The Kier molecular flexibility index (Phi) is 2.04. The fourth-order valence-corrected chi connectivity index (χ4v) is 1.45. The minimum atomic E-state index is 0.688. The van der Waals surface area contributed by atoms with E-state index in [1.807, 2.05) is 42.5 Å². The monoisotopic (exact) mass is 212 g/mol. The van der Waals surface area contributed by atoms with Gasteiger partial charge in [-0.3, -0.25) is 0 Å². The molecule has 0 fully saturated rings. The molecule has 0 bridgehead atoms. The zero-order valence-corrected chi connectivity index (χ0v) is 8.33. The Bertz CT molecular complexity index is 604. The number of hydrogen-bond acceptors (Lipinski definition) is 4. The molecule has 0 saturated carbocycles. The molecule has 0 amide bonds. The molecule has 4 nitrogen and oxygen atoms in total. The quantitative estimate of drug-likeness (QED) is 0.655. The van der Waals surface area contributed by atoms with Gasteiger partial charge >= 0.3 is 0 Å². The minimum absolute atomic E-state index is 0.688. The molecule has 16 heavy (non-hydrogen) atoms. The highest BCUT2D eigenvalue weighted by atomic mass is 16.6. The van der Waals surface area contributed by atoms with E-state index in [4.69, 9.17) is 4.74 Å². The summed E-state index contributed by atoms with van der Waals surface area (Å²) in [5.41, 5.74) is 1.41. The van der Waals surface area contributed by atoms with Gasteiger partial charge in [-0.15, -0.1) is 0 Å². The van der Waals surface area contributed by atoms with Crippen LogP contribution in [0.1, 0.15) is 0 Å². The fourth-order valence-electron chi connectivity index (χ4n) is 1.45. The van der Waals surface area contributed by atoms with Crippen molar-refractivity contribution in [2.45, 2.75) is 0 Å². The number of rotatable bonds is 2. The first-order valence-electron chi connectivity index (χ1n) is 4.87. The summed E-state index contributed by atoms with van der Waals surface area (Å²) >= 11 is 0. The highest BCUT2D eigenvalue weighted by molar-refractivity contribution is 5.74. The molecular weight excluding hydrogens is 204 g/mol. The zero-order chi connectivity index (χ0) is 10.8. The van der Waals surface area contributed by atoms with E-state index in [9.17, 15) is 0 Å². The number of nitrogens with zero attached hydrogens (tertiary/aromatic N) is 2. The molecule has 78 valence electrons. The molecule has 3 rings (SSSR count). The summed E-state index contributed by atoms with van der Waals surface area (Å²) in [5.74, 6) is 1.51. The first-order chi connectivity index (χ1) is 7.92. The highest BCUT2D eigenvalue weighted by Gasteiger charge is 2.02. The Morgan fingerprint density at radius 1 is 0.812 bits per heavy atom. The van der Waals surface area contributed by atoms with Crippen LogP contribution in [0, 0.1) is 0 Å². The van der Waals surface area contributed by atoms with Gasteiger partial charge in [0.2, 0.25) is 0 Å². The van der Waals surface area contributed by atoms with E-state index in [1.54, 1.807) is 6.07 Å². The topological polar surface area (TPSA) is 48.2 Å². The fraction of sp³-hybridized carbons (Fsp3) is 0. The summed E-state index contributed by atoms with van der Waals surface area (Å²) < 4.78 is 10.3. The third-order valence-corrected chi connectivity index (χ3v) is 2.20. The summed E-state index contributed by atoms with van der Waals surface area (Å²) in [6, 6.07) is 15.0. The zero-order valence-electron chi connectivity index (χ0n) is 8.33. The third kappa shape index (κ3) is 1.61. The van der Waals surface area contributed by atoms with Gasteiger partial charge in [-0.25, -0.2) is 4.63 Å². The normalized spacial score (nSPS) is 10.5. The van der Waals surface area contributed by atoms with Gasteiger partial charge in [0.05, 0.1) is 0 Å². The molecule has 0 aliphatic carbocycles. The number of fused-ring (bicyclic) bond motifs is 1. The van der Waals surface area contributed by atoms with E-state index in [1.165, 1.54) is 0 Å². The third-order valence-electron chi connectivity index (χ3n) is 2.20. The number of hydrogen-bond donors (Lipinski definition) is 0. The average molecular weight is 212 g/mol. The van der Waals surface area contributed by atoms with Gasteiger partial charge in [0, 0.05) is 6.07 Å². The second-order valence-electron chi connectivity index (χ2n) is 3.33. The Labute approximate surface area is 91.4 Å². The Morgan fingerprint density at radius 3 is 2.50 bits per heavy atom. The van der Waals surface area contributed by atoms with E-state index in [0.717, 1.165) is 17.0 Å². The molecule has 0 radical (unpaired) electrons. The lowest BCUT2D eigenvalue weighted by molar-refractivity contribution is 0.315. The predicted molar refractivity (Wildman–Crippen MR) is 58.3 cm³/mol. The number of ether oxygens (including phenoxy) is 1. The standard InChI is InChI=1S/C12H8N2O2/c1-2-4-9(5-3-1)15-10-6-7-11-12(8-10)14-16-13-11/h1-8H. The second kappa shape index (κ2) is 3.66. The van der Waals surface area contributed by atoms with Crippen molar-refractivity contribution in [1.29, 1.82) is 0 Å². The molecule has 4 heteroatoms. The van der Waals surface area contributed by atoms with Crippen LogP contribution < -0.4 is 4.74 Å². The maximum Gasteiger partial charge on any atom is 0.138 e. The summed E-state index contributed by atoms with van der Waals surface area (Å²) in [7, 11) is 0. The van der Waals surface area contributed by atoms with Gasteiger partial charge in [0.1, 0.15) is 22.5 Å². The maximum atomic E-state index is 5.65. The van der Waals surface area contributed by atoms with Crippen LogP contribution >= 0.6 is 0 Å². The van der Waals surface area contributed by atoms with Crippen molar-refractivity contribution in [3.05, 3.63) is 48.5 Å². The van der Waals surface area contributed by atoms with Gasteiger partial charge in [-0.1, -0.05) is 18.2 Å². The molecule has 0 atom stereocenters. The van der Waals surface area contributed by atoms with Crippen molar-refractivity contribution in [3.8, 4) is 11.5 Å². The van der Waals surface area contributed by atoms with Crippen LogP contribution in [-0.2, 0) is 0 Å². The highest BCUT2D eigenvalue weighted by Crippen LogP contribution is 2.23. The molecule has 0 aliphatic rings. The second-order valence-corrected chi connectivity index (χ2v) is 3.33. The van der Waals surface area contributed by atoms with Gasteiger partial charge in [-0.05, 0) is 34.6 Å². The van der Waals surface area contributed by atoms with Crippen LogP contribution in [0.2, 0.25) is 0 Å². The lowest BCUT2D eigenvalue weighted by Gasteiger charge is -2.03. The van der Waals surface area contributed by atoms with Crippen molar-refractivity contribution in [3.63, 3.8) is 0 Å².